The average Bonchev–Trinajstić information content (AvgIpc) is 2.59. The smallest absolute Gasteiger partial charge is 0.277 e. The van der Waals surface area contributed by atoms with Crippen molar-refractivity contribution in [3.63, 3.8) is 0 Å². The predicted molar refractivity (Wildman–Crippen MR) is 99.2 cm³/mol. The first-order valence-corrected chi connectivity index (χ1v) is 7.95. The first-order chi connectivity index (χ1) is 12.0. The maximum Gasteiger partial charge on any atom is 0.277 e. The van der Waals surface area contributed by atoms with Crippen LogP contribution in [0.25, 0.3) is 0 Å². The molecule has 0 atom stereocenters. The fourth-order valence-corrected chi connectivity index (χ4v) is 2.19. The number of para-hydroxylation sites is 1. The first kappa shape index (κ1) is 18.3. The number of benzene rings is 2. The number of allylic oxidation sites excluding steroid dienone is 1. The molecule has 0 spiro atoms. The van der Waals surface area contributed by atoms with Crippen molar-refractivity contribution in [2.24, 2.45) is 5.10 Å². The second kappa shape index (κ2) is 8.68. The van der Waals surface area contributed by atoms with Crippen molar-refractivity contribution in [3.05, 3.63) is 71.3 Å². The van der Waals surface area contributed by atoms with Crippen molar-refractivity contribution < 1.29 is 14.6 Å². The molecule has 130 valence electrons. The van der Waals surface area contributed by atoms with E-state index in [4.69, 9.17) is 4.74 Å². The molecule has 0 fully saturated rings. The number of hydrogen-bond acceptors (Lipinski definition) is 4. The van der Waals surface area contributed by atoms with E-state index in [1.165, 1.54) is 11.8 Å². The molecule has 0 aliphatic heterocycles. The van der Waals surface area contributed by atoms with Crippen LogP contribution in [0.5, 0.6) is 11.5 Å². The van der Waals surface area contributed by atoms with Crippen LogP contribution in [0.3, 0.4) is 0 Å². The van der Waals surface area contributed by atoms with Crippen LogP contribution in [-0.4, -0.2) is 23.8 Å². The summed E-state index contributed by atoms with van der Waals surface area (Å²) in [5.74, 6) is 0.389. The van der Waals surface area contributed by atoms with E-state index in [1.54, 1.807) is 12.1 Å². The van der Waals surface area contributed by atoms with Gasteiger partial charge in [-0.1, -0.05) is 24.3 Å². The molecule has 0 heterocycles. The molecule has 0 radical (unpaired) electrons. The van der Waals surface area contributed by atoms with E-state index < -0.39 is 0 Å². The largest absolute Gasteiger partial charge is 0.507 e. The van der Waals surface area contributed by atoms with Gasteiger partial charge < -0.3 is 9.84 Å². The summed E-state index contributed by atoms with van der Waals surface area (Å²) < 4.78 is 5.43. The van der Waals surface area contributed by atoms with Gasteiger partial charge in [0.25, 0.3) is 5.91 Å². The summed E-state index contributed by atoms with van der Waals surface area (Å²) in [6.07, 6.45) is 3.67. The van der Waals surface area contributed by atoms with Crippen LogP contribution < -0.4 is 10.2 Å². The molecule has 0 saturated heterocycles. The zero-order chi connectivity index (χ0) is 18.2. The molecular formula is C20H22N2O3. The number of phenolic OH excluding ortho intramolecular Hbond substituents is 1. The summed E-state index contributed by atoms with van der Waals surface area (Å²) in [6, 6.07) is 11.0. The van der Waals surface area contributed by atoms with E-state index >= 15 is 0 Å². The summed E-state index contributed by atoms with van der Waals surface area (Å²) in [6.45, 7) is 7.51. The number of carbonyl (C=O) groups is 1. The number of hydrazone groups is 1. The Morgan fingerprint density at radius 3 is 2.80 bits per heavy atom. The monoisotopic (exact) mass is 338 g/mol. The van der Waals surface area contributed by atoms with Crippen LogP contribution in [0.2, 0.25) is 0 Å². The molecule has 1 amide bonds. The van der Waals surface area contributed by atoms with Crippen molar-refractivity contribution in [2.45, 2.75) is 20.3 Å². The van der Waals surface area contributed by atoms with E-state index in [2.05, 4.69) is 17.1 Å². The Labute approximate surface area is 147 Å². The Morgan fingerprint density at radius 2 is 2.08 bits per heavy atom. The van der Waals surface area contributed by atoms with Crippen LogP contribution in [0.1, 0.15) is 22.3 Å². The van der Waals surface area contributed by atoms with Gasteiger partial charge in [0.15, 0.2) is 6.61 Å². The fraction of sp³-hybridized carbons (Fsp3) is 0.200. The number of rotatable bonds is 7. The third-order valence-electron chi connectivity index (χ3n) is 3.76. The lowest BCUT2D eigenvalue weighted by molar-refractivity contribution is -0.123. The molecule has 0 unspecified atom stereocenters. The highest BCUT2D eigenvalue weighted by atomic mass is 16.5. The Balaban J connectivity index is 1.89. The highest BCUT2D eigenvalue weighted by Crippen LogP contribution is 2.21. The van der Waals surface area contributed by atoms with Crippen LogP contribution in [0, 0.1) is 13.8 Å². The van der Waals surface area contributed by atoms with Gasteiger partial charge in [0.1, 0.15) is 11.5 Å². The molecule has 0 bridgehead atoms. The van der Waals surface area contributed by atoms with E-state index in [9.17, 15) is 9.90 Å². The molecule has 2 aromatic rings. The highest BCUT2D eigenvalue weighted by Gasteiger charge is 2.05. The highest BCUT2D eigenvalue weighted by molar-refractivity contribution is 5.86. The van der Waals surface area contributed by atoms with Gasteiger partial charge in [-0.3, -0.25) is 4.79 Å². The summed E-state index contributed by atoms with van der Waals surface area (Å²) in [5, 5.41) is 14.0. The van der Waals surface area contributed by atoms with Crippen LogP contribution in [0.4, 0.5) is 0 Å². The molecule has 0 saturated carbocycles. The van der Waals surface area contributed by atoms with Crippen LogP contribution in [0.15, 0.2) is 54.2 Å². The van der Waals surface area contributed by atoms with E-state index in [0.29, 0.717) is 17.7 Å². The van der Waals surface area contributed by atoms with Crippen molar-refractivity contribution in [1.82, 2.24) is 5.43 Å². The first-order valence-electron chi connectivity index (χ1n) is 7.95. The lowest BCUT2D eigenvalue weighted by Crippen LogP contribution is -2.24. The molecule has 5 heteroatoms. The van der Waals surface area contributed by atoms with Gasteiger partial charge in [-0.25, -0.2) is 5.43 Å². The number of ether oxygens (including phenoxy) is 1. The molecule has 0 aliphatic carbocycles. The summed E-state index contributed by atoms with van der Waals surface area (Å²) in [4.78, 5) is 11.8. The normalized spacial score (nSPS) is 10.6. The summed E-state index contributed by atoms with van der Waals surface area (Å²) in [7, 11) is 0. The SMILES string of the molecule is C=CCc1cccc(/C=N/NC(=O)COc2ccc(C)c(C)c2)c1O. The number of phenols is 1. The molecule has 2 aromatic carbocycles. The summed E-state index contributed by atoms with van der Waals surface area (Å²) in [5.41, 5.74) is 5.93. The van der Waals surface area contributed by atoms with Gasteiger partial charge in [-0.15, -0.1) is 6.58 Å². The molecule has 0 aromatic heterocycles. The maximum atomic E-state index is 11.8. The fourth-order valence-electron chi connectivity index (χ4n) is 2.19. The predicted octanol–water partition coefficient (Wildman–Crippen LogP) is 3.27. The zero-order valence-corrected chi connectivity index (χ0v) is 14.5. The van der Waals surface area contributed by atoms with Gasteiger partial charge >= 0.3 is 0 Å². The molecule has 2 N–H and O–H groups in total. The number of aryl methyl sites for hydroxylation is 2. The molecule has 5 nitrogen and oxygen atoms in total. The minimum absolute atomic E-state index is 0.131. The van der Waals surface area contributed by atoms with E-state index in [0.717, 1.165) is 11.1 Å². The van der Waals surface area contributed by atoms with Crippen LogP contribution >= 0.6 is 0 Å². The topological polar surface area (TPSA) is 70.9 Å². The molecule has 25 heavy (non-hydrogen) atoms. The van der Waals surface area contributed by atoms with Crippen LogP contribution in [-0.2, 0) is 11.2 Å². The molecule has 2 rings (SSSR count). The minimum Gasteiger partial charge on any atom is -0.507 e. The second-order valence-corrected chi connectivity index (χ2v) is 5.68. The quantitative estimate of drug-likeness (QED) is 0.462. The summed E-state index contributed by atoms with van der Waals surface area (Å²) >= 11 is 0. The Morgan fingerprint density at radius 1 is 1.28 bits per heavy atom. The number of hydrogen-bond donors (Lipinski definition) is 2. The number of nitrogens with zero attached hydrogens (tertiary/aromatic N) is 1. The number of carbonyl (C=O) groups excluding carboxylic acids is 1. The Bertz CT molecular complexity index is 798. The number of amides is 1. The van der Waals surface area contributed by atoms with Crippen molar-refractivity contribution in [3.8, 4) is 11.5 Å². The van der Waals surface area contributed by atoms with Gasteiger partial charge in [0, 0.05) is 5.56 Å². The Kier molecular flexibility index (Phi) is 6.34. The van der Waals surface area contributed by atoms with Gasteiger partial charge in [-0.2, -0.15) is 5.10 Å². The van der Waals surface area contributed by atoms with Gasteiger partial charge in [-0.05, 0) is 55.2 Å². The number of nitrogens with one attached hydrogen (secondary N) is 1. The average molecular weight is 338 g/mol. The third-order valence-corrected chi connectivity index (χ3v) is 3.76. The van der Waals surface area contributed by atoms with E-state index in [-0.39, 0.29) is 18.3 Å². The molecule has 0 aliphatic rings. The minimum atomic E-state index is -0.379. The van der Waals surface area contributed by atoms with Crippen molar-refractivity contribution in [1.29, 1.82) is 0 Å². The second-order valence-electron chi connectivity index (χ2n) is 5.68. The Hall–Kier alpha value is -3.08. The number of aromatic hydroxyl groups is 1. The standard InChI is InChI=1S/C20H22N2O3/c1-4-6-16-7-5-8-17(20(16)24)12-21-22-19(23)13-25-18-10-9-14(2)15(3)11-18/h4-5,7-12,24H,1,6,13H2,2-3H3,(H,22,23)/b21-12+. The zero-order valence-electron chi connectivity index (χ0n) is 14.5. The van der Waals surface area contributed by atoms with Crippen molar-refractivity contribution >= 4 is 12.1 Å². The van der Waals surface area contributed by atoms with Gasteiger partial charge in [0.05, 0.1) is 6.21 Å². The maximum absolute atomic E-state index is 11.8. The van der Waals surface area contributed by atoms with E-state index in [1.807, 2.05) is 44.2 Å². The third kappa shape index (κ3) is 5.21. The molecular weight excluding hydrogens is 316 g/mol. The van der Waals surface area contributed by atoms with Gasteiger partial charge in [0.2, 0.25) is 0 Å². The lowest BCUT2D eigenvalue weighted by atomic mass is 10.1. The van der Waals surface area contributed by atoms with Crippen molar-refractivity contribution in [2.75, 3.05) is 6.61 Å². The lowest BCUT2D eigenvalue weighted by Gasteiger charge is -2.07.